The third-order valence-corrected chi connectivity index (χ3v) is 2.14. The lowest BCUT2D eigenvalue weighted by Gasteiger charge is -1.99. The van der Waals surface area contributed by atoms with Gasteiger partial charge in [0.05, 0.1) is 18.6 Å². The number of hydrogen-bond acceptors (Lipinski definition) is 7. The van der Waals surface area contributed by atoms with Gasteiger partial charge in [-0.2, -0.15) is 0 Å². The quantitative estimate of drug-likeness (QED) is 0.573. The monoisotopic (exact) mass is 209 g/mol. The first-order valence-corrected chi connectivity index (χ1v) is 4.56. The molecule has 6 nitrogen and oxygen atoms in total. The van der Waals surface area contributed by atoms with E-state index >= 15 is 0 Å². The minimum absolute atomic E-state index is 0.501. The van der Waals surface area contributed by atoms with Gasteiger partial charge in [0.15, 0.2) is 5.82 Å². The molecule has 0 radical (unpaired) electrons. The molecule has 14 heavy (non-hydrogen) atoms. The summed E-state index contributed by atoms with van der Waals surface area (Å²) < 4.78 is 5.04. The van der Waals surface area contributed by atoms with Crippen molar-refractivity contribution in [3.63, 3.8) is 0 Å². The van der Waals surface area contributed by atoms with Crippen molar-refractivity contribution >= 4 is 17.6 Å². The molecule has 2 aromatic rings. The van der Waals surface area contributed by atoms with Crippen LogP contribution in [0.1, 0.15) is 0 Å². The van der Waals surface area contributed by atoms with Crippen LogP contribution < -0.4 is 11.3 Å². The second-order valence-electron chi connectivity index (χ2n) is 2.29. The highest BCUT2D eigenvalue weighted by Crippen LogP contribution is 2.23. The number of hydrazine groups is 1. The number of hydrogen-bond donors (Lipinski definition) is 2. The van der Waals surface area contributed by atoms with Crippen LogP contribution in [0.3, 0.4) is 0 Å². The summed E-state index contributed by atoms with van der Waals surface area (Å²) in [4.78, 5) is 12.0. The maximum absolute atomic E-state index is 5.19. The molecule has 0 fully saturated rings. The summed E-state index contributed by atoms with van der Waals surface area (Å²) in [7, 11) is 0. The van der Waals surface area contributed by atoms with E-state index in [1.165, 1.54) is 24.2 Å². The highest BCUT2D eigenvalue weighted by molar-refractivity contribution is 7.99. The molecule has 2 rings (SSSR count). The number of anilines is 1. The average molecular weight is 209 g/mol. The summed E-state index contributed by atoms with van der Waals surface area (Å²) in [5, 5.41) is 1.19. The Kier molecular flexibility index (Phi) is 2.61. The number of oxazole rings is 1. The molecular formula is C7H7N5OS. The average Bonchev–Trinajstić information content (AvgIpc) is 2.71. The Morgan fingerprint density at radius 2 is 2.36 bits per heavy atom. The van der Waals surface area contributed by atoms with Crippen molar-refractivity contribution in [2.45, 2.75) is 10.2 Å². The number of nitrogens with one attached hydrogen (secondary N) is 1. The van der Waals surface area contributed by atoms with Crippen molar-refractivity contribution < 1.29 is 4.42 Å². The Labute approximate surface area is 83.9 Å². The topological polar surface area (TPSA) is 89.9 Å². The van der Waals surface area contributed by atoms with Gasteiger partial charge in [0, 0.05) is 0 Å². The number of rotatable bonds is 3. The fourth-order valence-electron chi connectivity index (χ4n) is 0.817. The van der Waals surface area contributed by atoms with E-state index in [0.29, 0.717) is 16.1 Å². The Morgan fingerprint density at radius 1 is 1.43 bits per heavy atom. The second-order valence-corrected chi connectivity index (χ2v) is 3.26. The van der Waals surface area contributed by atoms with E-state index in [1.807, 2.05) is 0 Å². The molecular weight excluding hydrogens is 202 g/mol. The molecule has 0 aliphatic carbocycles. The summed E-state index contributed by atoms with van der Waals surface area (Å²) >= 11 is 1.28. The molecule has 0 unspecified atom stereocenters. The fraction of sp³-hybridized carbons (Fsp3) is 0. The van der Waals surface area contributed by atoms with Crippen molar-refractivity contribution in [3.8, 4) is 0 Å². The minimum atomic E-state index is 0.501. The van der Waals surface area contributed by atoms with Gasteiger partial charge in [0.1, 0.15) is 11.3 Å². The van der Waals surface area contributed by atoms with Gasteiger partial charge < -0.3 is 9.84 Å². The van der Waals surface area contributed by atoms with Crippen LogP contribution in [0.4, 0.5) is 5.82 Å². The van der Waals surface area contributed by atoms with Gasteiger partial charge in [-0.15, -0.1) is 0 Å². The molecule has 3 N–H and O–H groups in total. The maximum Gasteiger partial charge on any atom is 0.262 e. The number of nitrogen functional groups attached to an aromatic ring is 1. The van der Waals surface area contributed by atoms with Crippen LogP contribution in [0.15, 0.2) is 39.5 Å². The zero-order valence-corrected chi connectivity index (χ0v) is 7.86. The van der Waals surface area contributed by atoms with Crippen LogP contribution >= 0.6 is 11.8 Å². The summed E-state index contributed by atoms with van der Waals surface area (Å²) in [5.41, 5.74) is 2.41. The molecule has 72 valence electrons. The first-order valence-electron chi connectivity index (χ1n) is 3.74. The summed E-state index contributed by atoms with van der Waals surface area (Å²) in [6.07, 6.45) is 6.21. The Bertz CT molecular complexity index is 404. The lowest BCUT2D eigenvalue weighted by atomic mass is 10.7. The number of nitrogens with two attached hydrogens (primary N) is 1. The molecule has 2 aromatic heterocycles. The maximum atomic E-state index is 5.19. The van der Waals surface area contributed by atoms with Crippen molar-refractivity contribution in [2.24, 2.45) is 5.84 Å². The fourth-order valence-corrected chi connectivity index (χ4v) is 1.47. The van der Waals surface area contributed by atoms with E-state index in [1.54, 1.807) is 12.4 Å². The third-order valence-electron chi connectivity index (χ3n) is 1.36. The first kappa shape index (κ1) is 8.97. The highest BCUT2D eigenvalue weighted by Gasteiger charge is 2.03. The van der Waals surface area contributed by atoms with E-state index in [-0.39, 0.29) is 0 Å². The van der Waals surface area contributed by atoms with Gasteiger partial charge in [-0.05, 0) is 11.8 Å². The lowest BCUT2D eigenvalue weighted by molar-refractivity contribution is 0.454. The molecule has 0 amide bonds. The standard InChI is InChI=1S/C7H7N5OS/c8-12-5-3-9-4-6(11-5)14-7-10-1-2-13-7/h1-4H,8H2,(H,11,12). The predicted molar refractivity (Wildman–Crippen MR) is 50.5 cm³/mol. The third kappa shape index (κ3) is 2.01. The Hall–Kier alpha value is -1.60. The molecule has 7 heteroatoms. The van der Waals surface area contributed by atoms with Gasteiger partial charge in [-0.3, -0.25) is 4.98 Å². The smallest absolute Gasteiger partial charge is 0.262 e. The lowest BCUT2D eigenvalue weighted by Crippen LogP contribution is -2.08. The molecule has 0 bridgehead atoms. The number of nitrogens with zero attached hydrogens (tertiary/aromatic N) is 3. The van der Waals surface area contributed by atoms with Crippen LogP contribution in [0.2, 0.25) is 0 Å². The zero-order chi connectivity index (χ0) is 9.80. The molecule has 0 saturated carbocycles. The van der Waals surface area contributed by atoms with Crippen LogP contribution in [0, 0.1) is 0 Å². The van der Waals surface area contributed by atoms with E-state index < -0.39 is 0 Å². The van der Waals surface area contributed by atoms with Crippen molar-refractivity contribution in [3.05, 3.63) is 24.9 Å². The van der Waals surface area contributed by atoms with E-state index in [4.69, 9.17) is 10.3 Å². The predicted octanol–water partition coefficient (Wildman–Crippen LogP) is 0.901. The zero-order valence-electron chi connectivity index (χ0n) is 7.04. The summed E-state index contributed by atoms with van der Waals surface area (Å²) in [5.74, 6) is 5.69. The van der Waals surface area contributed by atoms with Crippen LogP contribution in [-0.4, -0.2) is 15.0 Å². The molecule has 0 saturated heterocycles. The Balaban J connectivity index is 2.17. The minimum Gasteiger partial charge on any atom is -0.440 e. The highest BCUT2D eigenvalue weighted by atomic mass is 32.2. The second kappa shape index (κ2) is 4.07. The molecule has 0 aliphatic heterocycles. The van der Waals surface area contributed by atoms with Gasteiger partial charge in [0.2, 0.25) is 0 Å². The first-order chi connectivity index (χ1) is 6.88. The van der Waals surface area contributed by atoms with Gasteiger partial charge in [-0.1, -0.05) is 0 Å². The van der Waals surface area contributed by atoms with Crippen LogP contribution in [0.25, 0.3) is 0 Å². The Morgan fingerprint density at radius 3 is 3.07 bits per heavy atom. The largest absolute Gasteiger partial charge is 0.440 e. The van der Waals surface area contributed by atoms with Crippen molar-refractivity contribution in [1.82, 2.24) is 15.0 Å². The molecule has 2 heterocycles. The molecule has 0 aromatic carbocycles. The molecule has 0 aliphatic rings. The van der Waals surface area contributed by atoms with Gasteiger partial charge in [-0.25, -0.2) is 15.8 Å². The molecule has 0 atom stereocenters. The van der Waals surface area contributed by atoms with Gasteiger partial charge in [0.25, 0.3) is 5.22 Å². The van der Waals surface area contributed by atoms with E-state index in [9.17, 15) is 0 Å². The van der Waals surface area contributed by atoms with Gasteiger partial charge >= 0.3 is 0 Å². The van der Waals surface area contributed by atoms with Crippen molar-refractivity contribution in [2.75, 3.05) is 5.43 Å². The van der Waals surface area contributed by atoms with E-state index in [2.05, 4.69) is 20.4 Å². The normalized spacial score (nSPS) is 10.1. The van der Waals surface area contributed by atoms with E-state index in [0.717, 1.165) is 0 Å². The summed E-state index contributed by atoms with van der Waals surface area (Å²) in [6.45, 7) is 0. The summed E-state index contributed by atoms with van der Waals surface area (Å²) in [6, 6.07) is 0. The van der Waals surface area contributed by atoms with Crippen molar-refractivity contribution in [1.29, 1.82) is 0 Å². The molecule has 0 spiro atoms. The SMILES string of the molecule is NNc1cncc(Sc2ncco2)n1. The number of aromatic nitrogens is 3. The van der Waals surface area contributed by atoms with Crippen LogP contribution in [-0.2, 0) is 0 Å². The van der Waals surface area contributed by atoms with Crippen LogP contribution in [0.5, 0.6) is 0 Å².